The largest absolute Gasteiger partial charge is 0.465 e. The third-order valence-electron chi connectivity index (χ3n) is 10.7. The van der Waals surface area contributed by atoms with Crippen molar-refractivity contribution in [2.45, 2.75) is 110 Å². The molecule has 11 nitrogen and oxygen atoms in total. The van der Waals surface area contributed by atoms with Gasteiger partial charge < -0.3 is 19.9 Å². The number of esters is 1. The fourth-order valence-electron chi connectivity index (χ4n) is 7.85. The first-order valence-corrected chi connectivity index (χ1v) is 18.9. The highest BCUT2D eigenvalue weighted by molar-refractivity contribution is 6.38. The topological polar surface area (TPSA) is 147 Å². The number of fused-ring (bicyclic) bond motifs is 1. The van der Waals surface area contributed by atoms with Crippen molar-refractivity contribution in [3.05, 3.63) is 35.9 Å². The monoisotopic (exact) mass is 707 g/mol. The number of rotatable bonds is 19. The highest BCUT2D eigenvalue weighted by Crippen LogP contribution is 2.51. The van der Waals surface area contributed by atoms with Crippen LogP contribution in [0.4, 0.5) is 0 Å². The molecule has 51 heavy (non-hydrogen) atoms. The molecule has 3 amide bonds. The summed E-state index contributed by atoms with van der Waals surface area (Å²) in [6, 6.07) is 7.19. The molecule has 2 unspecified atom stereocenters. The van der Waals surface area contributed by atoms with E-state index < -0.39 is 41.4 Å². The van der Waals surface area contributed by atoms with E-state index in [1.807, 2.05) is 20.8 Å². The average molecular weight is 708 g/mol. The van der Waals surface area contributed by atoms with Crippen molar-refractivity contribution in [1.29, 1.82) is 0 Å². The molecule has 2 saturated carbocycles. The molecule has 0 aromatic heterocycles. The van der Waals surface area contributed by atoms with E-state index in [1.165, 1.54) is 4.90 Å². The van der Waals surface area contributed by atoms with Crippen molar-refractivity contribution in [2.75, 3.05) is 27.2 Å². The second-order valence-corrected chi connectivity index (χ2v) is 15.5. The summed E-state index contributed by atoms with van der Waals surface area (Å²) in [5, 5.41) is 2.70. The van der Waals surface area contributed by atoms with Crippen LogP contribution < -0.4 is 5.32 Å². The van der Waals surface area contributed by atoms with Gasteiger partial charge in [0, 0.05) is 45.8 Å². The minimum Gasteiger partial charge on any atom is -0.465 e. The number of Topliss-reactive ketones (excluding diaryl/α,β-unsaturated/α-hetero) is 3. The lowest BCUT2D eigenvalue weighted by Crippen LogP contribution is -2.48. The number of carbonyl (C=O) groups is 7. The molecule has 1 saturated heterocycles. The van der Waals surface area contributed by atoms with Crippen LogP contribution in [0.1, 0.15) is 109 Å². The van der Waals surface area contributed by atoms with Gasteiger partial charge >= 0.3 is 5.97 Å². The predicted molar refractivity (Wildman–Crippen MR) is 191 cm³/mol. The second-order valence-electron chi connectivity index (χ2n) is 15.5. The van der Waals surface area contributed by atoms with E-state index in [0.717, 1.165) is 38.5 Å². The number of piperidine rings is 1. The molecule has 6 atom stereocenters. The van der Waals surface area contributed by atoms with Crippen molar-refractivity contribution in [3.63, 3.8) is 0 Å². The molecule has 0 radical (unpaired) electrons. The minimum atomic E-state index is -0.934. The van der Waals surface area contributed by atoms with Gasteiger partial charge in [-0.1, -0.05) is 76.8 Å². The molecule has 1 aromatic carbocycles. The van der Waals surface area contributed by atoms with Crippen molar-refractivity contribution in [3.8, 4) is 0 Å². The Balaban J connectivity index is 1.39. The van der Waals surface area contributed by atoms with Crippen LogP contribution in [0, 0.1) is 35.5 Å². The maximum absolute atomic E-state index is 14.2. The summed E-state index contributed by atoms with van der Waals surface area (Å²) in [6.07, 6.45) is 5.79. The van der Waals surface area contributed by atoms with Crippen LogP contribution in [0.15, 0.2) is 30.3 Å². The van der Waals surface area contributed by atoms with Crippen LogP contribution >= 0.6 is 0 Å². The predicted octanol–water partition coefficient (Wildman–Crippen LogP) is 4.86. The normalized spacial score (nSPS) is 21.6. The van der Waals surface area contributed by atoms with E-state index in [9.17, 15) is 33.6 Å². The number of carbonyl (C=O) groups excluding carboxylic acids is 7. The Morgan fingerprint density at radius 3 is 2.25 bits per heavy atom. The third kappa shape index (κ3) is 10.8. The zero-order valence-electron chi connectivity index (χ0n) is 31.1. The lowest BCUT2D eigenvalue weighted by Gasteiger charge is -2.35. The maximum Gasteiger partial charge on any atom is 0.306 e. The molecule has 11 heteroatoms. The van der Waals surface area contributed by atoms with Gasteiger partial charge in [0.1, 0.15) is 6.04 Å². The van der Waals surface area contributed by atoms with Gasteiger partial charge in [0.15, 0.2) is 11.6 Å². The van der Waals surface area contributed by atoms with Gasteiger partial charge in [0.25, 0.3) is 0 Å². The number of amides is 3. The maximum atomic E-state index is 14.2. The van der Waals surface area contributed by atoms with Gasteiger partial charge in [-0.15, -0.1) is 0 Å². The molecule has 1 aromatic rings. The van der Waals surface area contributed by atoms with Gasteiger partial charge in [0.2, 0.25) is 23.5 Å². The summed E-state index contributed by atoms with van der Waals surface area (Å²) in [5.41, 5.74) is 0.599. The summed E-state index contributed by atoms with van der Waals surface area (Å²) in [7, 11) is 3.18. The van der Waals surface area contributed by atoms with E-state index in [-0.39, 0.29) is 72.9 Å². The zero-order valence-corrected chi connectivity index (χ0v) is 31.1. The van der Waals surface area contributed by atoms with E-state index in [4.69, 9.17) is 4.74 Å². The number of nitrogens with zero attached hydrogens (tertiary/aromatic N) is 2. The number of benzene rings is 1. The number of ketones is 3. The summed E-state index contributed by atoms with van der Waals surface area (Å²) >= 11 is 0. The Labute approximate surface area is 302 Å². The Morgan fingerprint density at radius 1 is 0.941 bits per heavy atom. The van der Waals surface area contributed by atoms with Gasteiger partial charge in [-0.25, -0.2) is 0 Å². The Morgan fingerprint density at radius 2 is 1.63 bits per heavy atom. The van der Waals surface area contributed by atoms with Crippen LogP contribution in [0.25, 0.3) is 0 Å². The molecule has 1 aliphatic heterocycles. The zero-order chi connectivity index (χ0) is 37.2. The lowest BCUT2D eigenvalue weighted by atomic mass is 9.77. The molecule has 0 bridgehead atoms. The summed E-state index contributed by atoms with van der Waals surface area (Å²) in [6.45, 7) is 6.56. The fraction of sp³-hybridized carbons (Fsp3) is 0.675. The quantitative estimate of drug-likeness (QED) is 0.159. The summed E-state index contributed by atoms with van der Waals surface area (Å²) in [4.78, 5) is 96.5. The standard InChI is InChI=1S/C40H57N3O8/c1-6-13-28(38(48)32(44)18-19-34(46)41-36(40(50)42(4)5)27-16-11-8-12-17-27)21-33(45)37-30-20-29(30)23-43(37)39(49)31(26-14-9-7-10-15-26)22-35(47)51-24-25(2)3/h8,11-12,16-17,25-26,28-31,36-37H,6-7,9-10,13-15,18-24H2,1-5H3,(H,41,46)/t28?,29-,30-,31-,36?,37-/m0/s1. The molecular weight excluding hydrogens is 650 g/mol. The van der Waals surface area contributed by atoms with Gasteiger partial charge in [-0.3, -0.25) is 33.6 Å². The van der Waals surface area contributed by atoms with Crippen molar-refractivity contribution in [1.82, 2.24) is 15.1 Å². The molecule has 1 heterocycles. The van der Waals surface area contributed by atoms with Gasteiger partial charge in [-0.05, 0) is 54.9 Å². The first-order chi connectivity index (χ1) is 24.3. The van der Waals surface area contributed by atoms with Gasteiger partial charge in [-0.2, -0.15) is 0 Å². The van der Waals surface area contributed by atoms with E-state index in [2.05, 4.69) is 5.32 Å². The molecular formula is C40H57N3O8. The molecule has 3 fully saturated rings. The molecule has 280 valence electrons. The number of nitrogens with one attached hydrogen (secondary N) is 1. The highest BCUT2D eigenvalue weighted by Gasteiger charge is 2.57. The lowest BCUT2D eigenvalue weighted by molar-refractivity contribution is -0.153. The molecule has 2 aliphatic carbocycles. The SMILES string of the molecule is CCCC(CC(=O)[C@@H]1[C@H]2C[C@H]2CN1C(=O)[C@@H](CC(=O)OCC(C)C)C1CCCCC1)C(=O)C(=O)CCC(=O)NC(C(=O)N(C)C)c1ccccc1. The second kappa shape index (κ2) is 18.6. The van der Waals surface area contributed by atoms with Crippen molar-refractivity contribution < 1.29 is 38.3 Å². The molecule has 0 spiro atoms. The van der Waals surface area contributed by atoms with E-state index >= 15 is 0 Å². The number of hydrogen-bond acceptors (Lipinski definition) is 8. The number of ether oxygens (including phenoxy) is 1. The first kappa shape index (κ1) is 39.9. The molecule has 1 N–H and O–H groups in total. The minimum absolute atomic E-state index is 0.00259. The third-order valence-corrected chi connectivity index (χ3v) is 10.7. The van der Waals surface area contributed by atoms with Gasteiger partial charge in [0.05, 0.1) is 25.0 Å². The van der Waals surface area contributed by atoms with Crippen LogP contribution in [0.2, 0.25) is 0 Å². The number of likely N-dealkylation sites (tertiary alicyclic amines) is 1. The Bertz CT molecular complexity index is 1420. The van der Waals surface area contributed by atoms with E-state index in [0.29, 0.717) is 31.6 Å². The highest BCUT2D eigenvalue weighted by atomic mass is 16.5. The summed E-state index contributed by atoms with van der Waals surface area (Å²) < 4.78 is 5.48. The van der Waals surface area contributed by atoms with Crippen LogP contribution in [-0.2, 0) is 38.3 Å². The van der Waals surface area contributed by atoms with Crippen LogP contribution in [0.3, 0.4) is 0 Å². The van der Waals surface area contributed by atoms with Crippen molar-refractivity contribution in [2.24, 2.45) is 35.5 Å². The first-order valence-electron chi connectivity index (χ1n) is 18.9. The van der Waals surface area contributed by atoms with Crippen LogP contribution in [-0.4, -0.2) is 84.1 Å². The van der Waals surface area contributed by atoms with E-state index in [1.54, 1.807) is 49.3 Å². The molecule has 4 rings (SSSR count). The van der Waals surface area contributed by atoms with Crippen molar-refractivity contribution >= 4 is 41.0 Å². The number of hydrogen-bond donors (Lipinski definition) is 1. The smallest absolute Gasteiger partial charge is 0.306 e. The average Bonchev–Trinajstić information content (AvgIpc) is 3.78. The Kier molecular flexibility index (Phi) is 14.5. The number of likely N-dealkylation sites (N-methyl/N-ethyl adjacent to an activating group) is 1. The summed E-state index contributed by atoms with van der Waals surface area (Å²) in [5.74, 6) is -3.96. The Hall–Kier alpha value is -3.89. The fourth-order valence-corrected chi connectivity index (χ4v) is 7.85. The molecule has 3 aliphatic rings. The van der Waals surface area contributed by atoms with Crippen LogP contribution in [0.5, 0.6) is 0 Å².